The van der Waals surface area contributed by atoms with Crippen molar-refractivity contribution in [3.8, 4) is 11.5 Å². The molecule has 0 aliphatic heterocycles. The van der Waals surface area contributed by atoms with Crippen LogP contribution in [0.5, 0.6) is 0 Å². The number of hydrogen-bond acceptors (Lipinski definition) is 4. The lowest BCUT2D eigenvalue weighted by atomic mass is 10.1. The molecule has 1 N–H and O–H groups in total. The SMILES string of the molecule is CNC(C)Cc1noc(-c2cc(C)cc(C)c2)n1. The van der Waals surface area contributed by atoms with Crippen LogP contribution in [-0.2, 0) is 6.42 Å². The zero-order chi connectivity index (χ0) is 13.1. The van der Waals surface area contributed by atoms with E-state index in [1.807, 2.05) is 7.05 Å². The first-order chi connectivity index (χ1) is 8.58. The van der Waals surface area contributed by atoms with Gasteiger partial charge in [0.15, 0.2) is 5.82 Å². The minimum Gasteiger partial charge on any atom is -0.334 e. The Hall–Kier alpha value is -1.68. The van der Waals surface area contributed by atoms with E-state index in [0.717, 1.165) is 17.8 Å². The van der Waals surface area contributed by atoms with E-state index in [1.54, 1.807) is 0 Å². The Morgan fingerprint density at radius 1 is 1.22 bits per heavy atom. The largest absolute Gasteiger partial charge is 0.334 e. The van der Waals surface area contributed by atoms with Crippen LogP contribution in [0.2, 0.25) is 0 Å². The van der Waals surface area contributed by atoms with Gasteiger partial charge in [0.1, 0.15) is 0 Å². The number of benzene rings is 1. The van der Waals surface area contributed by atoms with Gasteiger partial charge in [0.05, 0.1) is 0 Å². The predicted octanol–water partition coefficient (Wildman–Crippen LogP) is 2.50. The molecule has 2 rings (SSSR count). The van der Waals surface area contributed by atoms with E-state index in [1.165, 1.54) is 11.1 Å². The maximum absolute atomic E-state index is 5.32. The summed E-state index contributed by atoms with van der Waals surface area (Å²) < 4.78 is 5.32. The van der Waals surface area contributed by atoms with Gasteiger partial charge < -0.3 is 9.84 Å². The van der Waals surface area contributed by atoms with Crippen molar-refractivity contribution >= 4 is 0 Å². The third kappa shape index (κ3) is 2.96. The smallest absolute Gasteiger partial charge is 0.257 e. The van der Waals surface area contributed by atoms with Gasteiger partial charge in [-0.2, -0.15) is 4.98 Å². The fraction of sp³-hybridized carbons (Fsp3) is 0.429. The Morgan fingerprint density at radius 3 is 2.50 bits per heavy atom. The topological polar surface area (TPSA) is 51.0 Å². The van der Waals surface area contributed by atoms with Crippen molar-refractivity contribution in [3.63, 3.8) is 0 Å². The van der Waals surface area contributed by atoms with Gasteiger partial charge in [-0.3, -0.25) is 0 Å². The molecule has 0 aliphatic rings. The van der Waals surface area contributed by atoms with Crippen LogP contribution in [-0.4, -0.2) is 23.2 Å². The Morgan fingerprint density at radius 2 is 1.89 bits per heavy atom. The highest BCUT2D eigenvalue weighted by molar-refractivity contribution is 5.55. The summed E-state index contributed by atoms with van der Waals surface area (Å²) in [5.41, 5.74) is 3.39. The minimum atomic E-state index is 0.342. The maximum atomic E-state index is 5.32. The van der Waals surface area contributed by atoms with E-state index >= 15 is 0 Å². The highest BCUT2D eigenvalue weighted by atomic mass is 16.5. The molecule has 4 heteroatoms. The third-order valence-electron chi connectivity index (χ3n) is 2.92. The molecule has 0 saturated carbocycles. The molecule has 1 aromatic heterocycles. The van der Waals surface area contributed by atoms with Crippen LogP contribution in [0.4, 0.5) is 0 Å². The number of nitrogens with one attached hydrogen (secondary N) is 1. The Bertz CT molecular complexity index is 513. The summed E-state index contributed by atoms with van der Waals surface area (Å²) in [5.74, 6) is 1.34. The lowest BCUT2D eigenvalue weighted by molar-refractivity contribution is 0.418. The molecular weight excluding hydrogens is 226 g/mol. The zero-order valence-corrected chi connectivity index (χ0v) is 11.3. The molecular formula is C14H19N3O. The summed E-state index contributed by atoms with van der Waals surface area (Å²) in [6, 6.07) is 6.59. The van der Waals surface area contributed by atoms with E-state index in [9.17, 15) is 0 Å². The van der Waals surface area contributed by atoms with Crippen LogP contribution in [0, 0.1) is 13.8 Å². The molecule has 0 amide bonds. The Kier molecular flexibility index (Phi) is 3.77. The van der Waals surface area contributed by atoms with Gasteiger partial charge in [-0.15, -0.1) is 0 Å². The molecule has 0 bridgehead atoms. The lowest BCUT2D eigenvalue weighted by Gasteiger charge is -2.04. The lowest BCUT2D eigenvalue weighted by Crippen LogP contribution is -2.24. The van der Waals surface area contributed by atoms with Gasteiger partial charge in [-0.1, -0.05) is 22.3 Å². The van der Waals surface area contributed by atoms with Crippen molar-refractivity contribution in [1.82, 2.24) is 15.5 Å². The van der Waals surface area contributed by atoms with Crippen LogP contribution in [0.3, 0.4) is 0 Å². The van der Waals surface area contributed by atoms with Gasteiger partial charge in [0.2, 0.25) is 0 Å². The van der Waals surface area contributed by atoms with Gasteiger partial charge in [0, 0.05) is 18.0 Å². The minimum absolute atomic E-state index is 0.342. The van der Waals surface area contributed by atoms with E-state index in [2.05, 4.69) is 54.4 Å². The second-order valence-electron chi connectivity index (χ2n) is 4.79. The first kappa shape index (κ1) is 12.8. The highest BCUT2D eigenvalue weighted by Crippen LogP contribution is 2.20. The summed E-state index contributed by atoms with van der Waals surface area (Å²) in [4.78, 5) is 4.43. The summed E-state index contributed by atoms with van der Waals surface area (Å²) >= 11 is 0. The second kappa shape index (κ2) is 5.31. The van der Waals surface area contributed by atoms with E-state index in [-0.39, 0.29) is 0 Å². The van der Waals surface area contributed by atoms with Crippen molar-refractivity contribution in [1.29, 1.82) is 0 Å². The number of aryl methyl sites for hydroxylation is 2. The molecule has 0 saturated heterocycles. The molecule has 18 heavy (non-hydrogen) atoms. The molecule has 1 aromatic carbocycles. The van der Waals surface area contributed by atoms with Crippen molar-refractivity contribution < 1.29 is 4.52 Å². The van der Waals surface area contributed by atoms with Crippen LogP contribution in [0.25, 0.3) is 11.5 Å². The van der Waals surface area contributed by atoms with Crippen molar-refractivity contribution in [2.45, 2.75) is 33.2 Å². The maximum Gasteiger partial charge on any atom is 0.257 e. The fourth-order valence-electron chi connectivity index (χ4n) is 1.93. The van der Waals surface area contributed by atoms with E-state index in [4.69, 9.17) is 4.52 Å². The van der Waals surface area contributed by atoms with Gasteiger partial charge in [-0.05, 0) is 40.0 Å². The first-order valence-electron chi connectivity index (χ1n) is 6.17. The first-order valence-corrected chi connectivity index (χ1v) is 6.17. The quantitative estimate of drug-likeness (QED) is 0.899. The van der Waals surface area contributed by atoms with Crippen LogP contribution in [0.15, 0.2) is 22.7 Å². The van der Waals surface area contributed by atoms with Gasteiger partial charge >= 0.3 is 0 Å². The highest BCUT2D eigenvalue weighted by Gasteiger charge is 2.11. The number of likely N-dealkylation sites (N-methyl/N-ethyl adjacent to an activating group) is 1. The molecule has 0 spiro atoms. The summed E-state index contributed by atoms with van der Waals surface area (Å²) in [5, 5.41) is 7.17. The summed E-state index contributed by atoms with van der Waals surface area (Å²) in [7, 11) is 1.93. The average molecular weight is 245 g/mol. The molecule has 2 aromatic rings. The monoisotopic (exact) mass is 245 g/mol. The molecule has 1 atom stereocenters. The molecule has 4 nitrogen and oxygen atoms in total. The van der Waals surface area contributed by atoms with Crippen LogP contribution < -0.4 is 5.32 Å². The van der Waals surface area contributed by atoms with Gasteiger partial charge in [-0.25, -0.2) is 0 Å². The molecule has 0 radical (unpaired) electrons. The van der Waals surface area contributed by atoms with Crippen molar-refractivity contribution in [2.75, 3.05) is 7.05 Å². The molecule has 1 unspecified atom stereocenters. The zero-order valence-electron chi connectivity index (χ0n) is 11.3. The third-order valence-corrected chi connectivity index (χ3v) is 2.92. The molecule has 96 valence electrons. The van der Waals surface area contributed by atoms with E-state index < -0.39 is 0 Å². The van der Waals surface area contributed by atoms with Crippen molar-refractivity contribution in [2.24, 2.45) is 0 Å². The summed E-state index contributed by atoms with van der Waals surface area (Å²) in [6.45, 7) is 6.22. The average Bonchev–Trinajstić information content (AvgIpc) is 2.76. The normalized spacial score (nSPS) is 12.7. The molecule has 0 aliphatic carbocycles. The Labute approximate surface area is 107 Å². The number of aromatic nitrogens is 2. The summed E-state index contributed by atoms with van der Waals surface area (Å²) in [6.07, 6.45) is 0.769. The number of hydrogen-bond donors (Lipinski definition) is 1. The Balaban J connectivity index is 2.23. The van der Waals surface area contributed by atoms with E-state index in [0.29, 0.717) is 11.9 Å². The van der Waals surface area contributed by atoms with Crippen LogP contribution in [0.1, 0.15) is 23.9 Å². The molecule has 0 fully saturated rings. The number of rotatable bonds is 4. The second-order valence-corrected chi connectivity index (χ2v) is 4.79. The van der Waals surface area contributed by atoms with Crippen LogP contribution >= 0.6 is 0 Å². The fourth-order valence-corrected chi connectivity index (χ4v) is 1.93. The predicted molar refractivity (Wildman–Crippen MR) is 71.4 cm³/mol. The standard InChI is InChI=1S/C14H19N3O/c1-9-5-10(2)7-12(6-9)14-16-13(17-18-14)8-11(3)15-4/h5-7,11,15H,8H2,1-4H3. The molecule has 1 heterocycles. The van der Waals surface area contributed by atoms with Crippen molar-refractivity contribution in [3.05, 3.63) is 35.2 Å². The van der Waals surface area contributed by atoms with Gasteiger partial charge in [0.25, 0.3) is 5.89 Å². The number of nitrogens with zero attached hydrogens (tertiary/aromatic N) is 2.